The molecule has 1 aliphatic heterocycles. The van der Waals surface area contributed by atoms with E-state index in [-0.39, 0.29) is 23.7 Å². The van der Waals surface area contributed by atoms with E-state index in [0.29, 0.717) is 13.2 Å². The van der Waals surface area contributed by atoms with Gasteiger partial charge in [-0.3, -0.25) is 4.90 Å². The summed E-state index contributed by atoms with van der Waals surface area (Å²) in [4.78, 5) is 2.27. The fourth-order valence-corrected chi connectivity index (χ4v) is 3.28. The highest BCUT2D eigenvalue weighted by Crippen LogP contribution is 2.31. The van der Waals surface area contributed by atoms with Crippen molar-refractivity contribution in [2.45, 2.75) is 12.6 Å². The summed E-state index contributed by atoms with van der Waals surface area (Å²) < 4.78 is 19.7. The summed E-state index contributed by atoms with van der Waals surface area (Å²) >= 11 is 5.76. The first-order valence-corrected chi connectivity index (χ1v) is 8.49. The van der Waals surface area contributed by atoms with Gasteiger partial charge in [-0.1, -0.05) is 48.0 Å². The molecule has 1 saturated heterocycles. The molecule has 2 aromatic rings. The van der Waals surface area contributed by atoms with E-state index in [1.807, 2.05) is 18.2 Å². The molecule has 1 N–H and O–H groups in total. The Morgan fingerprint density at radius 2 is 2.00 bits per heavy atom. The van der Waals surface area contributed by atoms with Gasteiger partial charge in [-0.15, -0.1) is 0 Å². The topological polar surface area (TPSA) is 32.7 Å². The fourth-order valence-electron chi connectivity index (χ4n) is 3.16. The summed E-state index contributed by atoms with van der Waals surface area (Å²) in [6.45, 7) is 2.80. The second kappa shape index (κ2) is 8.08. The molecular weight excluding hydrogens is 329 g/mol. The smallest absolute Gasteiger partial charge is 0.142 e. The Morgan fingerprint density at radius 3 is 2.71 bits per heavy atom. The lowest BCUT2D eigenvalue weighted by Gasteiger charge is -2.26. The molecule has 128 valence electrons. The number of aliphatic hydroxyl groups excluding tert-OH is 1. The average molecular weight is 350 g/mol. The molecule has 1 heterocycles. The van der Waals surface area contributed by atoms with Gasteiger partial charge in [0.25, 0.3) is 0 Å². The van der Waals surface area contributed by atoms with E-state index in [1.54, 1.807) is 6.07 Å². The summed E-state index contributed by atoms with van der Waals surface area (Å²) in [5.74, 6) is -0.573. The quantitative estimate of drug-likeness (QED) is 0.914. The number of halogens is 2. The van der Waals surface area contributed by atoms with E-state index in [2.05, 4.69) is 17.0 Å². The minimum absolute atomic E-state index is 0.0137. The minimum Gasteiger partial charge on any atom is -0.396 e. The van der Waals surface area contributed by atoms with Gasteiger partial charge in [-0.05, 0) is 23.3 Å². The molecule has 3 nitrogen and oxygen atoms in total. The van der Waals surface area contributed by atoms with E-state index in [1.165, 1.54) is 17.7 Å². The zero-order chi connectivity index (χ0) is 16.9. The number of rotatable bonds is 4. The molecular formula is C19H21ClFNO2. The molecule has 0 spiro atoms. The largest absolute Gasteiger partial charge is 0.396 e. The third kappa shape index (κ3) is 4.14. The van der Waals surface area contributed by atoms with Gasteiger partial charge >= 0.3 is 0 Å². The van der Waals surface area contributed by atoms with Crippen LogP contribution in [-0.4, -0.2) is 36.3 Å². The van der Waals surface area contributed by atoms with Gasteiger partial charge in [0.1, 0.15) is 5.82 Å². The predicted molar refractivity (Wildman–Crippen MR) is 92.4 cm³/mol. The average Bonchev–Trinajstić information content (AvgIpc) is 2.80. The van der Waals surface area contributed by atoms with Crippen LogP contribution >= 0.6 is 11.6 Å². The molecule has 1 aliphatic rings. The number of nitrogens with zero attached hydrogens (tertiary/aromatic N) is 1. The normalized spacial score (nSPS) is 22.3. The highest BCUT2D eigenvalue weighted by atomic mass is 35.5. The van der Waals surface area contributed by atoms with Gasteiger partial charge in [-0.2, -0.15) is 0 Å². The molecule has 24 heavy (non-hydrogen) atoms. The molecule has 5 heteroatoms. The van der Waals surface area contributed by atoms with Crippen LogP contribution in [0.4, 0.5) is 4.39 Å². The monoisotopic (exact) mass is 349 g/mol. The second-order valence-corrected chi connectivity index (χ2v) is 6.54. The summed E-state index contributed by atoms with van der Waals surface area (Å²) in [6.07, 6.45) is -0.331. The highest BCUT2D eigenvalue weighted by Gasteiger charge is 2.29. The molecule has 0 amide bonds. The zero-order valence-corrected chi connectivity index (χ0v) is 14.1. The molecule has 0 aromatic heterocycles. The Kier molecular flexibility index (Phi) is 5.85. The first kappa shape index (κ1) is 17.4. The SMILES string of the molecule is OC[C@@H]1CN(Cc2ccccc2)CCO[C@H]1c1ccc(Cl)c(F)c1. The van der Waals surface area contributed by atoms with Crippen molar-refractivity contribution in [3.05, 3.63) is 70.5 Å². The van der Waals surface area contributed by atoms with Crippen molar-refractivity contribution in [1.29, 1.82) is 0 Å². The van der Waals surface area contributed by atoms with Crippen LogP contribution in [0.15, 0.2) is 48.5 Å². The van der Waals surface area contributed by atoms with Crippen LogP contribution in [0.5, 0.6) is 0 Å². The van der Waals surface area contributed by atoms with Crippen molar-refractivity contribution < 1.29 is 14.2 Å². The van der Waals surface area contributed by atoms with E-state index in [4.69, 9.17) is 16.3 Å². The van der Waals surface area contributed by atoms with Crippen LogP contribution < -0.4 is 0 Å². The summed E-state index contributed by atoms with van der Waals surface area (Å²) in [5, 5.41) is 9.92. The maximum absolute atomic E-state index is 13.8. The summed E-state index contributed by atoms with van der Waals surface area (Å²) in [5.41, 5.74) is 1.95. The van der Waals surface area contributed by atoms with Crippen LogP contribution in [0.25, 0.3) is 0 Å². The van der Waals surface area contributed by atoms with Gasteiger partial charge < -0.3 is 9.84 Å². The summed E-state index contributed by atoms with van der Waals surface area (Å²) in [7, 11) is 0. The van der Waals surface area contributed by atoms with E-state index >= 15 is 0 Å². The van der Waals surface area contributed by atoms with Gasteiger partial charge in [0.2, 0.25) is 0 Å². The second-order valence-electron chi connectivity index (χ2n) is 6.13. The number of ether oxygens (including phenoxy) is 1. The van der Waals surface area contributed by atoms with E-state index in [9.17, 15) is 9.50 Å². The summed E-state index contributed by atoms with van der Waals surface area (Å²) in [6, 6.07) is 14.9. The Balaban J connectivity index is 1.75. The third-order valence-electron chi connectivity index (χ3n) is 4.38. The van der Waals surface area contributed by atoms with Crippen molar-refractivity contribution in [2.75, 3.05) is 26.3 Å². The third-order valence-corrected chi connectivity index (χ3v) is 4.69. The molecule has 0 bridgehead atoms. The molecule has 3 rings (SSSR count). The first-order chi connectivity index (χ1) is 11.7. The van der Waals surface area contributed by atoms with Crippen LogP contribution in [0.1, 0.15) is 17.2 Å². The van der Waals surface area contributed by atoms with Crippen molar-refractivity contribution >= 4 is 11.6 Å². The maximum Gasteiger partial charge on any atom is 0.142 e. The van der Waals surface area contributed by atoms with Crippen LogP contribution in [0.3, 0.4) is 0 Å². The molecule has 0 aliphatic carbocycles. The predicted octanol–water partition coefficient (Wildman–Crippen LogP) is 3.66. The van der Waals surface area contributed by atoms with Gasteiger partial charge in [-0.25, -0.2) is 4.39 Å². The molecule has 0 saturated carbocycles. The molecule has 0 unspecified atom stereocenters. The lowest BCUT2D eigenvalue weighted by molar-refractivity contribution is 0.0111. The van der Waals surface area contributed by atoms with Gasteiger partial charge in [0, 0.05) is 32.2 Å². The van der Waals surface area contributed by atoms with Crippen molar-refractivity contribution in [2.24, 2.45) is 5.92 Å². The molecule has 0 radical (unpaired) electrons. The lowest BCUT2D eigenvalue weighted by Crippen LogP contribution is -2.31. The Bertz CT molecular complexity index is 668. The van der Waals surface area contributed by atoms with Crippen molar-refractivity contribution in [3.8, 4) is 0 Å². The highest BCUT2D eigenvalue weighted by molar-refractivity contribution is 6.30. The first-order valence-electron chi connectivity index (χ1n) is 8.11. The van der Waals surface area contributed by atoms with Crippen molar-refractivity contribution in [1.82, 2.24) is 4.90 Å². The molecule has 2 atom stereocenters. The Labute approximate surface area is 146 Å². The van der Waals surface area contributed by atoms with Crippen molar-refractivity contribution in [3.63, 3.8) is 0 Å². The number of hydrogen-bond donors (Lipinski definition) is 1. The fraction of sp³-hybridized carbons (Fsp3) is 0.368. The van der Waals surface area contributed by atoms with Gasteiger partial charge in [0.15, 0.2) is 0 Å². The standard InChI is InChI=1S/C19H21ClFNO2/c20-17-7-6-15(10-18(17)21)19-16(13-23)12-22(8-9-24-19)11-14-4-2-1-3-5-14/h1-7,10,16,19,23H,8-9,11-13H2/t16-,19-/m0/s1. The Morgan fingerprint density at radius 1 is 1.21 bits per heavy atom. The molecule has 2 aromatic carbocycles. The van der Waals surface area contributed by atoms with Gasteiger partial charge in [0.05, 0.1) is 17.7 Å². The number of benzene rings is 2. The van der Waals surface area contributed by atoms with Crippen LogP contribution in [-0.2, 0) is 11.3 Å². The Hall–Kier alpha value is -1.46. The lowest BCUT2D eigenvalue weighted by atomic mass is 9.95. The number of hydrogen-bond acceptors (Lipinski definition) is 3. The minimum atomic E-state index is -0.458. The zero-order valence-electron chi connectivity index (χ0n) is 13.4. The molecule has 1 fully saturated rings. The van der Waals surface area contributed by atoms with E-state index in [0.717, 1.165) is 18.7 Å². The number of aliphatic hydroxyl groups is 1. The van der Waals surface area contributed by atoms with Crippen LogP contribution in [0.2, 0.25) is 5.02 Å². The van der Waals surface area contributed by atoms with E-state index < -0.39 is 5.82 Å². The maximum atomic E-state index is 13.8. The van der Waals surface area contributed by atoms with Crippen LogP contribution in [0, 0.1) is 11.7 Å².